The maximum Gasteiger partial charge on any atom is 0.453 e. The molecule has 4 heteroatoms. The molecule has 0 saturated carbocycles. The smallest absolute Gasteiger partial charge is 0.194 e. The Labute approximate surface area is 32.0 Å². The van der Waals surface area contributed by atoms with E-state index in [-0.39, 0.29) is 4.90 Å². The van der Waals surface area contributed by atoms with E-state index in [2.05, 4.69) is 26.1 Å². The Morgan fingerprint density at radius 3 is 1.80 bits per heavy atom. The summed E-state index contributed by atoms with van der Waals surface area (Å²) >= 11 is 4.21. The van der Waals surface area contributed by atoms with E-state index < -0.39 is 0 Å². The third kappa shape index (κ3) is 0.257. The molecule has 5 heavy (non-hydrogen) atoms. The van der Waals surface area contributed by atoms with Crippen LogP contribution in [0.5, 0.6) is 0 Å². The van der Waals surface area contributed by atoms with E-state index in [0.29, 0.717) is 0 Å². The molecule has 0 N–H and O–H groups in total. The van der Waals surface area contributed by atoms with Gasteiger partial charge >= 0.3 is 4.90 Å². The number of hydrogen-bond acceptors (Lipinski definition) is 4. The number of rotatable bonds is 0. The molecular weight excluding hydrogens is 92.1 g/mol. The van der Waals surface area contributed by atoms with Gasteiger partial charge in [0.25, 0.3) is 0 Å². The van der Waals surface area contributed by atoms with E-state index in [9.17, 15) is 0 Å². The normalized spacial score (nSPS) is 8.80. The highest BCUT2D eigenvalue weighted by atomic mass is 32.1. The Balaban J connectivity index is 3.29. The maximum absolute atomic E-state index is 4.21. The molecule has 1 heterocycles. The molecule has 1 aromatic heterocycles. The molecule has 0 amide bonds. The minimum atomic E-state index is 0.0463. The third-order valence-corrected chi connectivity index (χ3v) is 0.340. The van der Waals surface area contributed by atoms with Gasteiger partial charge in [-0.3, -0.25) is 0 Å². The molecule has 1 aromatic rings. The lowest BCUT2D eigenvalue weighted by Crippen LogP contribution is -1.56. The fourth-order valence-electron chi connectivity index (χ4n) is 0.0618. The van der Waals surface area contributed by atoms with E-state index in [1.54, 1.807) is 0 Å². The summed E-state index contributed by atoms with van der Waals surface area (Å²) in [5.74, 6) is 0. The molecule has 0 aliphatic carbocycles. The molecule has 0 saturated heterocycles. The van der Waals surface area contributed by atoms with Gasteiger partial charge in [0.1, 0.15) is 0 Å². The lowest BCUT2D eigenvalue weighted by atomic mass is 11.7. The summed E-state index contributed by atoms with van der Waals surface area (Å²) < 4.78 is 11.6. The fourth-order valence-corrected chi connectivity index (χ4v) is 0.117. The molecule has 3 nitrogen and oxygen atoms in total. The van der Waals surface area contributed by atoms with E-state index in [0.717, 1.165) is 0 Å². The zero-order valence-corrected chi connectivity index (χ0v) is 2.95. The minimum Gasteiger partial charge on any atom is -0.194 e. The highest BCUT2D eigenvalue weighted by Gasteiger charge is 1.79. The molecule has 0 fully saturated rings. The SMILES string of the molecule is S=c1ooo1. The van der Waals surface area contributed by atoms with Gasteiger partial charge < -0.3 is 0 Å². The maximum atomic E-state index is 4.21. The van der Waals surface area contributed by atoms with E-state index >= 15 is 0 Å². The topological polar surface area (TPSA) is 39.4 Å². The molecule has 0 aliphatic heterocycles. The molecule has 28 valence electrons. The van der Waals surface area contributed by atoms with Gasteiger partial charge in [0.2, 0.25) is 0 Å². The zero-order chi connectivity index (χ0) is 3.70. The van der Waals surface area contributed by atoms with Gasteiger partial charge in [0, 0.05) is 12.2 Å². The van der Waals surface area contributed by atoms with E-state index in [1.807, 2.05) is 0 Å². The first kappa shape index (κ1) is 2.71. The molecular formula is CO3S. The van der Waals surface area contributed by atoms with Crippen LogP contribution in [0.3, 0.4) is 0 Å². The molecule has 1 rings (SSSR count). The molecule has 0 spiro atoms. The summed E-state index contributed by atoms with van der Waals surface area (Å²) in [6.45, 7) is 0. The predicted octanol–water partition coefficient (Wildman–Crippen LogP) is 1.20. The summed E-state index contributed by atoms with van der Waals surface area (Å²) in [5, 5.41) is 0. The van der Waals surface area contributed by atoms with Gasteiger partial charge in [-0.25, -0.2) is 0 Å². The van der Waals surface area contributed by atoms with E-state index in [1.165, 1.54) is 0 Å². The highest BCUT2D eigenvalue weighted by molar-refractivity contribution is 7.71. The van der Waals surface area contributed by atoms with Crippen molar-refractivity contribution >= 4 is 12.2 Å². The molecule has 0 unspecified atom stereocenters. The highest BCUT2D eigenvalue weighted by Crippen LogP contribution is 1.88. The zero-order valence-electron chi connectivity index (χ0n) is 2.13. The first-order valence-electron chi connectivity index (χ1n) is 0.946. The van der Waals surface area contributed by atoms with Crippen LogP contribution < -0.4 is 0 Å². The Bertz CT molecular complexity index is 121. The van der Waals surface area contributed by atoms with Gasteiger partial charge in [0.15, 0.2) is 0 Å². The van der Waals surface area contributed by atoms with Crippen molar-refractivity contribution in [3.05, 3.63) is 4.90 Å². The van der Waals surface area contributed by atoms with Crippen LogP contribution in [0.25, 0.3) is 0 Å². The lowest BCUT2D eigenvalue weighted by Gasteiger charge is -1.72. The first-order valence-corrected chi connectivity index (χ1v) is 1.35. The quantitative estimate of drug-likeness (QED) is 0.356. The van der Waals surface area contributed by atoms with Crippen LogP contribution in [-0.4, -0.2) is 0 Å². The van der Waals surface area contributed by atoms with E-state index in [4.69, 9.17) is 0 Å². The fraction of sp³-hybridized carbons (Fsp3) is 0. The monoisotopic (exact) mass is 92.0 g/mol. The van der Waals surface area contributed by atoms with Crippen LogP contribution in [0, 0.1) is 4.90 Å². The standard InChI is InChI=1S/CO3S/c5-1-2-4-3-1. The van der Waals surface area contributed by atoms with Gasteiger partial charge in [-0.05, 0) is 0 Å². The summed E-state index contributed by atoms with van der Waals surface area (Å²) in [7, 11) is 0. The van der Waals surface area contributed by atoms with Crippen LogP contribution >= 0.6 is 12.2 Å². The van der Waals surface area contributed by atoms with Crippen molar-refractivity contribution in [1.29, 1.82) is 0 Å². The van der Waals surface area contributed by atoms with Crippen molar-refractivity contribution in [1.82, 2.24) is 0 Å². The van der Waals surface area contributed by atoms with Crippen molar-refractivity contribution in [2.24, 2.45) is 0 Å². The number of hydrogen-bond donors (Lipinski definition) is 0. The van der Waals surface area contributed by atoms with Gasteiger partial charge in [0.05, 0.1) is 0 Å². The summed E-state index contributed by atoms with van der Waals surface area (Å²) in [4.78, 5) is 0.0463. The van der Waals surface area contributed by atoms with Crippen molar-refractivity contribution in [2.45, 2.75) is 0 Å². The van der Waals surface area contributed by atoms with Crippen molar-refractivity contribution < 1.29 is 13.9 Å². The van der Waals surface area contributed by atoms with Crippen LogP contribution in [-0.2, 0) is 0 Å². The Morgan fingerprint density at radius 1 is 1.40 bits per heavy atom. The minimum absolute atomic E-state index is 0.0463. The average molecular weight is 92.1 g/mol. The van der Waals surface area contributed by atoms with Crippen molar-refractivity contribution in [3.63, 3.8) is 0 Å². The molecule has 0 radical (unpaired) electrons. The van der Waals surface area contributed by atoms with Gasteiger partial charge in [-0.2, -0.15) is 9.15 Å². The molecule has 0 aliphatic rings. The Morgan fingerprint density at radius 2 is 1.80 bits per heavy atom. The van der Waals surface area contributed by atoms with Crippen molar-refractivity contribution in [2.75, 3.05) is 0 Å². The molecule has 0 aromatic carbocycles. The second-order valence-electron chi connectivity index (χ2n) is 0.485. The van der Waals surface area contributed by atoms with Crippen LogP contribution in [0.2, 0.25) is 0 Å². The van der Waals surface area contributed by atoms with Gasteiger partial charge in [-0.15, -0.1) is 0 Å². The summed E-state index contributed by atoms with van der Waals surface area (Å²) in [5.41, 5.74) is 0. The third-order valence-electron chi connectivity index (χ3n) is 0.204. The van der Waals surface area contributed by atoms with Crippen LogP contribution in [0.1, 0.15) is 0 Å². The lowest BCUT2D eigenvalue weighted by molar-refractivity contribution is -0.282. The summed E-state index contributed by atoms with van der Waals surface area (Å²) in [6.07, 6.45) is 0. The van der Waals surface area contributed by atoms with Crippen LogP contribution in [0.15, 0.2) is 13.9 Å². The Kier molecular flexibility index (Phi) is 0.390. The average Bonchev–Trinajstić information content (AvgIpc) is 1.30. The van der Waals surface area contributed by atoms with Crippen molar-refractivity contribution in [3.8, 4) is 0 Å². The predicted molar refractivity (Wildman–Crippen MR) is 14.1 cm³/mol. The van der Waals surface area contributed by atoms with Gasteiger partial charge in [-0.1, -0.05) is 4.74 Å². The molecule has 0 atom stereocenters. The second-order valence-corrected chi connectivity index (χ2v) is 0.818. The second kappa shape index (κ2) is 0.718. The summed E-state index contributed by atoms with van der Waals surface area (Å²) in [6, 6.07) is 0. The molecule has 0 bridgehead atoms. The first-order chi connectivity index (χ1) is 2.39. The largest absolute Gasteiger partial charge is 0.453 e. The van der Waals surface area contributed by atoms with Crippen LogP contribution in [0.4, 0.5) is 0 Å². The Hall–Kier alpha value is -0.510.